The average Bonchev–Trinajstić information content (AvgIpc) is 2.97. The van der Waals surface area contributed by atoms with Crippen LogP contribution in [0.4, 0.5) is 4.39 Å². The number of nitrogens with zero attached hydrogens (tertiary/aromatic N) is 2. The minimum absolute atomic E-state index is 0.00635. The van der Waals surface area contributed by atoms with Crippen LogP contribution in [0.1, 0.15) is 47.7 Å². The van der Waals surface area contributed by atoms with E-state index in [1.54, 1.807) is 12.1 Å². The molecule has 0 bridgehead atoms. The molecule has 0 aliphatic heterocycles. The molecule has 23 heavy (non-hydrogen) atoms. The van der Waals surface area contributed by atoms with Gasteiger partial charge in [0.1, 0.15) is 11.2 Å². The van der Waals surface area contributed by atoms with Gasteiger partial charge in [-0.2, -0.15) is 0 Å². The van der Waals surface area contributed by atoms with Crippen molar-refractivity contribution in [2.75, 3.05) is 0 Å². The van der Waals surface area contributed by atoms with E-state index in [1.165, 1.54) is 0 Å². The van der Waals surface area contributed by atoms with Crippen LogP contribution >= 0.6 is 9.24 Å². The van der Waals surface area contributed by atoms with Crippen LogP contribution in [-0.2, 0) is 0 Å². The topological polar surface area (TPSA) is 88.1 Å². The van der Waals surface area contributed by atoms with Crippen LogP contribution in [0.15, 0.2) is 24.3 Å². The second-order valence-electron chi connectivity index (χ2n) is 5.77. The minimum Gasteiger partial charge on any atom is -0.476 e. The number of nitrogens with one attached hydrogen (secondary N) is 1. The lowest BCUT2D eigenvalue weighted by atomic mass is 9.83. The van der Waals surface area contributed by atoms with Crippen molar-refractivity contribution in [1.82, 2.24) is 15.4 Å². The summed E-state index contributed by atoms with van der Waals surface area (Å²) in [6.07, 6.45) is 2.71. The van der Waals surface area contributed by atoms with Crippen LogP contribution in [0, 0.1) is 0 Å². The summed E-state index contributed by atoms with van der Waals surface area (Å²) in [7, 11) is 2.31. The third-order valence-electron chi connectivity index (χ3n) is 4.11. The maximum absolute atomic E-state index is 13.8. The number of rotatable bonds is 4. The maximum atomic E-state index is 13.8. The molecule has 1 fully saturated rings. The molecule has 0 radical (unpaired) electrons. The van der Waals surface area contributed by atoms with Gasteiger partial charge < -0.3 is 9.84 Å². The second kappa shape index (κ2) is 6.24. The molecule has 1 aliphatic rings. The van der Waals surface area contributed by atoms with Crippen LogP contribution in [0.2, 0.25) is 0 Å². The number of carbonyl (C=O) groups is 1. The smallest absolute Gasteiger partial charge is 0.362 e. The number of aromatic amines is 1. The number of ether oxygens (including phenoxy) is 1. The Balaban J connectivity index is 1.68. The Kier molecular flexibility index (Phi) is 4.31. The van der Waals surface area contributed by atoms with E-state index in [4.69, 9.17) is 9.84 Å². The number of aromatic carboxylic acids is 1. The van der Waals surface area contributed by atoms with Gasteiger partial charge in [-0.05, 0) is 49.3 Å². The molecule has 6 nitrogen and oxygen atoms in total. The highest BCUT2D eigenvalue weighted by Crippen LogP contribution is 2.43. The molecule has 1 heterocycles. The van der Waals surface area contributed by atoms with Crippen molar-refractivity contribution in [1.29, 1.82) is 0 Å². The maximum Gasteiger partial charge on any atom is 0.362 e. The number of H-pyrrole nitrogens is 1. The molecule has 1 aromatic carbocycles. The van der Waals surface area contributed by atoms with Gasteiger partial charge in [0.05, 0.1) is 0 Å². The molecule has 1 aliphatic carbocycles. The first kappa shape index (κ1) is 15.9. The first-order chi connectivity index (χ1) is 10.9. The number of carboxylic acids is 1. The molecule has 0 amide bonds. The summed E-state index contributed by atoms with van der Waals surface area (Å²) in [5.41, 5.74) is 0.875. The molecule has 1 aromatic heterocycles. The van der Waals surface area contributed by atoms with Gasteiger partial charge in [0.25, 0.3) is 5.88 Å². The van der Waals surface area contributed by atoms with Gasteiger partial charge >= 0.3 is 5.97 Å². The first-order valence-electron chi connectivity index (χ1n) is 7.34. The number of hydrogen-bond acceptors (Lipinski definition) is 4. The fourth-order valence-corrected chi connectivity index (χ4v) is 3.12. The van der Waals surface area contributed by atoms with E-state index < -0.39 is 11.4 Å². The highest BCUT2D eigenvalue weighted by molar-refractivity contribution is 7.18. The van der Waals surface area contributed by atoms with E-state index in [0.29, 0.717) is 24.5 Å². The van der Waals surface area contributed by atoms with Crippen LogP contribution in [0.3, 0.4) is 0 Å². The van der Waals surface area contributed by atoms with Crippen LogP contribution in [0.5, 0.6) is 11.6 Å². The summed E-state index contributed by atoms with van der Waals surface area (Å²) in [5.74, 6) is -0.381. The highest BCUT2D eigenvalue weighted by atomic mass is 31.0. The summed E-state index contributed by atoms with van der Waals surface area (Å²) < 4.78 is 19.3. The van der Waals surface area contributed by atoms with Gasteiger partial charge in [0.15, 0.2) is 0 Å². The van der Waals surface area contributed by atoms with Crippen molar-refractivity contribution in [2.45, 2.75) is 37.0 Å². The van der Waals surface area contributed by atoms with Crippen molar-refractivity contribution in [3.63, 3.8) is 0 Å². The van der Waals surface area contributed by atoms with Crippen LogP contribution in [-0.4, -0.2) is 31.9 Å². The van der Waals surface area contributed by atoms with Crippen molar-refractivity contribution in [2.24, 2.45) is 0 Å². The van der Waals surface area contributed by atoms with Crippen molar-refractivity contribution in [3.8, 4) is 11.6 Å². The molecule has 2 aromatic rings. The molecule has 1 unspecified atom stereocenters. The molecular formula is C15H17FN3O3P. The third-order valence-corrected chi connectivity index (χ3v) is 4.68. The summed E-state index contributed by atoms with van der Waals surface area (Å²) in [6.45, 7) is 0. The van der Waals surface area contributed by atoms with Gasteiger partial charge in [-0.1, -0.05) is 26.6 Å². The van der Waals surface area contributed by atoms with Gasteiger partial charge in [-0.3, -0.25) is 0 Å². The van der Waals surface area contributed by atoms with Gasteiger partial charge in [0.2, 0.25) is 5.69 Å². The fraction of sp³-hybridized carbons (Fsp3) is 0.400. The zero-order valence-electron chi connectivity index (χ0n) is 12.3. The van der Waals surface area contributed by atoms with Crippen LogP contribution < -0.4 is 4.74 Å². The van der Waals surface area contributed by atoms with E-state index >= 15 is 0 Å². The molecule has 0 saturated heterocycles. The SMILES string of the molecule is O=C(O)c1nn[nH]c1Oc1ccc(C2CCC(F)(P)CC2)cc1. The molecule has 122 valence electrons. The fourth-order valence-electron chi connectivity index (χ4n) is 2.79. The average molecular weight is 337 g/mol. The number of benzene rings is 1. The van der Waals surface area contributed by atoms with Gasteiger partial charge in [-0.15, -0.1) is 5.10 Å². The second-order valence-corrected chi connectivity index (χ2v) is 6.81. The van der Waals surface area contributed by atoms with Crippen molar-refractivity contribution in [3.05, 3.63) is 35.5 Å². The standard InChI is InChI=1S/C15H17FN3O3P/c16-15(23)7-5-10(6-8-15)9-1-3-11(4-2-9)22-13-12(14(20)21)17-19-18-13/h1-4,10H,5-8,23H2,(H,20,21)(H,17,18,19). The summed E-state index contributed by atoms with van der Waals surface area (Å²) in [4.78, 5) is 11.0. The minimum atomic E-state index is -1.21. The number of halogens is 1. The molecule has 1 saturated carbocycles. The number of hydrogen-bond donors (Lipinski definition) is 2. The Morgan fingerprint density at radius 2 is 2.00 bits per heavy atom. The molecule has 8 heteroatoms. The lowest BCUT2D eigenvalue weighted by Crippen LogP contribution is -2.21. The molecular weight excluding hydrogens is 320 g/mol. The van der Waals surface area contributed by atoms with Crippen molar-refractivity contribution >= 4 is 15.2 Å². The van der Waals surface area contributed by atoms with Gasteiger partial charge in [0, 0.05) is 0 Å². The monoisotopic (exact) mass is 337 g/mol. The lowest BCUT2D eigenvalue weighted by Gasteiger charge is -2.31. The predicted octanol–water partition coefficient (Wildman–Crippen LogP) is 3.49. The molecule has 1 atom stereocenters. The Hall–Kier alpha value is -2.01. The number of alkyl halides is 1. The first-order valence-corrected chi connectivity index (χ1v) is 7.92. The summed E-state index contributed by atoms with van der Waals surface area (Å²) in [6, 6.07) is 7.39. The number of carboxylic acid groups (broad SMARTS) is 1. The molecule has 3 rings (SSSR count). The number of aromatic nitrogens is 3. The van der Waals surface area contributed by atoms with E-state index in [2.05, 4.69) is 24.7 Å². The largest absolute Gasteiger partial charge is 0.476 e. The Labute approximate surface area is 134 Å². The zero-order valence-corrected chi connectivity index (χ0v) is 13.5. The van der Waals surface area contributed by atoms with E-state index in [1.807, 2.05) is 12.1 Å². The van der Waals surface area contributed by atoms with Crippen molar-refractivity contribution < 1.29 is 19.0 Å². The quantitative estimate of drug-likeness (QED) is 0.834. The third kappa shape index (κ3) is 3.67. The van der Waals surface area contributed by atoms with Crippen LogP contribution in [0.25, 0.3) is 0 Å². The van der Waals surface area contributed by atoms with E-state index in [9.17, 15) is 9.18 Å². The zero-order chi connectivity index (χ0) is 16.4. The Morgan fingerprint density at radius 3 is 2.61 bits per heavy atom. The Bertz CT molecular complexity index is 692. The molecule has 2 N–H and O–H groups in total. The summed E-state index contributed by atoms with van der Waals surface area (Å²) in [5, 5.41) is 17.1. The van der Waals surface area contributed by atoms with E-state index in [0.717, 1.165) is 18.4 Å². The predicted molar refractivity (Wildman–Crippen MR) is 84.6 cm³/mol. The van der Waals surface area contributed by atoms with Gasteiger partial charge in [-0.25, -0.2) is 14.3 Å². The highest BCUT2D eigenvalue weighted by Gasteiger charge is 2.31. The van der Waals surface area contributed by atoms with E-state index in [-0.39, 0.29) is 11.6 Å². The Morgan fingerprint density at radius 1 is 1.35 bits per heavy atom. The summed E-state index contributed by atoms with van der Waals surface area (Å²) >= 11 is 0. The molecule has 0 spiro atoms. The lowest BCUT2D eigenvalue weighted by molar-refractivity contribution is 0.0687. The normalized spacial score (nSPS) is 24.3.